The number of carboxylic acid groups (broad SMARTS) is 1. The summed E-state index contributed by atoms with van der Waals surface area (Å²) >= 11 is 0. The number of nitrogens with one attached hydrogen (secondary N) is 1. The van der Waals surface area contributed by atoms with Crippen LogP contribution >= 0.6 is 0 Å². The second kappa shape index (κ2) is 6.48. The first kappa shape index (κ1) is 17.7. The molecule has 7 nitrogen and oxygen atoms in total. The van der Waals surface area contributed by atoms with Crippen LogP contribution in [0.25, 0.3) is 0 Å². The van der Waals surface area contributed by atoms with Gasteiger partial charge < -0.3 is 10.4 Å². The Kier molecular flexibility index (Phi) is 4.25. The van der Waals surface area contributed by atoms with Crippen molar-refractivity contribution in [3.63, 3.8) is 0 Å². The Hall–Kier alpha value is -2.70. The van der Waals surface area contributed by atoms with Crippen molar-refractivity contribution in [3.8, 4) is 0 Å². The zero-order valence-corrected chi connectivity index (χ0v) is 15.0. The molecule has 1 aromatic carbocycles. The lowest BCUT2D eigenvalue weighted by Gasteiger charge is -2.38. The zero-order valence-electron chi connectivity index (χ0n) is 15.0. The van der Waals surface area contributed by atoms with Gasteiger partial charge >= 0.3 is 5.97 Å². The number of carbonyl (C=O) groups is 4. The average Bonchev–Trinajstić information content (AvgIpc) is 2.88. The van der Waals surface area contributed by atoms with Gasteiger partial charge in [0.25, 0.3) is 17.7 Å². The van der Waals surface area contributed by atoms with E-state index in [1.807, 2.05) is 0 Å². The number of fused-ring (bicyclic) bond motifs is 1. The molecule has 0 unspecified atom stereocenters. The Morgan fingerprint density at radius 2 is 1.67 bits per heavy atom. The number of carbonyl (C=O) groups excluding carboxylic acids is 3. The fourth-order valence-electron chi connectivity index (χ4n) is 4.28. The molecule has 7 heteroatoms. The Balaban J connectivity index is 1.57. The van der Waals surface area contributed by atoms with Crippen LogP contribution in [0.1, 0.15) is 82.4 Å². The normalized spacial score (nSPS) is 21.6. The summed E-state index contributed by atoms with van der Waals surface area (Å²) in [6.07, 6.45) is 6.30. The topological polar surface area (TPSA) is 104 Å². The van der Waals surface area contributed by atoms with Crippen LogP contribution in [-0.4, -0.2) is 45.3 Å². The number of aliphatic carboxylic acids is 1. The Morgan fingerprint density at radius 1 is 1.00 bits per heavy atom. The smallest absolute Gasteiger partial charge is 0.329 e. The average molecular weight is 370 g/mol. The van der Waals surface area contributed by atoms with Gasteiger partial charge in [-0.2, -0.15) is 0 Å². The molecule has 27 heavy (non-hydrogen) atoms. The standard InChI is InChI=1S/C20H22N2O5/c23-16(21-20(19(26)27)9-4-10-20)12-7-8-14-15(11-12)18(25)22(17(14)24)13-5-2-1-3-6-13/h7-8,11,13H,1-6,9-10H2,(H,21,23)(H,26,27). The number of benzene rings is 1. The molecule has 3 amide bonds. The molecule has 0 radical (unpaired) electrons. The zero-order chi connectivity index (χ0) is 19.2. The molecular formula is C20H22N2O5. The predicted molar refractivity (Wildman–Crippen MR) is 95.5 cm³/mol. The Morgan fingerprint density at radius 3 is 2.26 bits per heavy atom. The second-order valence-corrected chi connectivity index (χ2v) is 7.73. The first-order chi connectivity index (χ1) is 12.9. The maximum atomic E-state index is 12.8. The van der Waals surface area contributed by atoms with Crippen LogP contribution in [0.2, 0.25) is 0 Å². The minimum atomic E-state index is -1.22. The van der Waals surface area contributed by atoms with E-state index in [1.165, 1.54) is 23.1 Å². The molecule has 3 aliphatic rings. The van der Waals surface area contributed by atoms with Crippen molar-refractivity contribution < 1.29 is 24.3 Å². The molecule has 0 atom stereocenters. The summed E-state index contributed by atoms with van der Waals surface area (Å²) in [4.78, 5) is 50.8. The highest BCUT2D eigenvalue weighted by Gasteiger charge is 2.46. The number of rotatable bonds is 4. The van der Waals surface area contributed by atoms with Crippen molar-refractivity contribution >= 4 is 23.7 Å². The highest BCUT2D eigenvalue weighted by atomic mass is 16.4. The fraction of sp³-hybridized carbons (Fsp3) is 0.500. The van der Waals surface area contributed by atoms with Gasteiger partial charge in [-0.25, -0.2) is 4.79 Å². The predicted octanol–water partition coefficient (Wildman–Crippen LogP) is 2.35. The molecule has 2 saturated carbocycles. The highest BCUT2D eigenvalue weighted by Crippen LogP contribution is 2.34. The van der Waals surface area contributed by atoms with E-state index in [9.17, 15) is 24.3 Å². The molecule has 142 valence electrons. The third-order valence-corrected chi connectivity index (χ3v) is 6.09. The van der Waals surface area contributed by atoms with Crippen LogP contribution in [0.4, 0.5) is 0 Å². The van der Waals surface area contributed by atoms with E-state index in [1.54, 1.807) is 0 Å². The monoisotopic (exact) mass is 370 g/mol. The van der Waals surface area contributed by atoms with E-state index in [4.69, 9.17) is 0 Å². The highest BCUT2D eigenvalue weighted by molar-refractivity contribution is 6.22. The number of carboxylic acids is 1. The van der Waals surface area contributed by atoms with Crippen LogP contribution in [0.5, 0.6) is 0 Å². The third-order valence-electron chi connectivity index (χ3n) is 6.09. The molecule has 1 aliphatic heterocycles. The number of amides is 3. The van der Waals surface area contributed by atoms with Crippen LogP contribution < -0.4 is 5.32 Å². The lowest BCUT2D eigenvalue weighted by Crippen LogP contribution is -2.59. The van der Waals surface area contributed by atoms with Gasteiger partial charge in [0, 0.05) is 11.6 Å². The van der Waals surface area contributed by atoms with Gasteiger partial charge in [0.2, 0.25) is 0 Å². The van der Waals surface area contributed by atoms with Crippen LogP contribution in [0, 0.1) is 0 Å². The molecule has 0 spiro atoms. The Labute approximate surface area is 156 Å². The van der Waals surface area contributed by atoms with E-state index in [2.05, 4.69) is 5.32 Å². The number of hydrogen-bond donors (Lipinski definition) is 2. The third kappa shape index (κ3) is 2.81. The van der Waals surface area contributed by atoms with Gasteiger partial charge in [0.1, 0.15) is 5.54 Å². The van der Waals surface area contributed by atoms with E-state index in [0.717, 1.165) is 38.5 Å². The van der Waals surface area contributed by atoms with Crippen LogP contribution in [-0.2, 0) is 4.79 Å². The summed E-state index contributed by atoms with van der Waals surface area (Å²) in [5.74, 6) is -2.22. The number of imide groups is 1. The lowest BCUT2D eigenvalue weighted by molar-refractivity contribution is -0.148. The molecule has 0 saturated heterocycles. The van der Waals surface area contributed by atoms with Gasteiger partial charge in [-0.3, -0.25) is 19.3 Å². The lowest BCUT2D eigenvalue weighted by atomic mass is 9.76. The van der Waals surface area contributed by atoms with Crippen molar-refractivity contribution in [2.24, 2.45) is 0 Å². The first-order valence-electron chi connectivity index (χ1n) is 9.51. The maximum Gasteiger partial charge on any atom is 0.329 e. The SMILES string of the molecule is O=C(NC1(C(=O)O)CCC1)c1ccc2c(c1)C(=O)N(C1CCCCC1)C2=O. The minimum absolute atomic E-state index is 0.0753. The van der Waals surface area contributed by atoms with Crippen molar-refractivity contribution in [3.05, 3.63) is 34.9 Å². The van der Waals surface area contributed by atoms with Gasteiger partial charge in [-0.05, 0) is 50.3 Å². The molecule has 2 N–H and O–H groups in total. The van der Waals surface area contributed by atoms with Gasteiger partial charge in [0.15, 0.2) is 0 Å². The molecule has 0 aromatic heterocycles. The summed E-state index contributed by atoms with van der Waals surface area (Å²) in [6.45, 7) is 0. The quantitative estimate of drug-likeness (QED) is 0.792. The largest absolute Gasteiger partial charge is 0.480 e. The molecule has 4 rings (SSSR count). The van der Waals surface area contributed by atoms with E-state index >= 15 is 0 Å². The molecule has 2 fully saturated rings. The van der Waals surface area contributed by atoms with Crippen molar-refractivity contribution in [2.45, 2.75) is 62.9 Å². The van der Waals surface area contributed by atoms with Gasteiger partial charge in [0.05, 0.1) is 11.1 Å². The first-order valence-corrected chi connectivity index (χ1v) is 9.51. The van der Waals surface area contributed by atoms with Crippen LogP contribution in [0.15, 0.2) is 18.2 Å². The summed E-state index contributed by atoms with van der Waals surface area (Å²) < 4.78 is 0. The molecule has 1 heterocycles. The van der Waals surface area contributed by atoms with E-state index < -0.39 is 17.4 Å². The molecular weight excluding hydrogens is 348 g/mol. The van der Waals surface area contributed by atoms with Crippen molar-refractivity contribution in [1.82, 2.24) is 10.2 Å². The Bertz CT molecular complexity index is 837. The second-order valence-electron chi connectivity index (χ2n) is 7.73. The van der Waals surface area contributed by atoms with Crippen molar-refractivity contribution in [2.75, 3.05) is 0 Å². The summed E-state index contributed by atoms with van der Waals surface area (Å²) in [6, 6.07) is 4.33. The summed E-state index contributed by atoms with van der Waals surface area (Å²) in [7, 11) is 0. The number of nitrogens with zero attached hydrogens (tertiary/aromatic N) is 1. The maximum absolute atomic E-state index is 12.8. The summed E-state index contributed by atoms with van der Waals surface area (Å²) in [5.41, 5.74) is -0.466. The molecule has 0 bridgehead atoms. The fourth-order valence-corrected chi connectivity index (χ4v) is 4.28. The van der Waals surface area contributed by atoms with Crippen molar-refractivity contribution in [1.29, 1.82) is 0 Å². The minimum Gasteiger partial charge on any atom is -0.480 e. The summed E-state index contributed by atoms with van der Waals surface area (Å²) in [5, 5.41) is 12.0. The van der Waals surface area contributed by atoms with E-state index in [-0.39, 0.29) is 29.0 Å². The van der Waals surface area contributed by atoms with Crippen LogP contribution in [0.3, 0.4) is 0 Å². The molecule has 2 aliphatic carbocycles. The van der Waals surface area contributed by atoms with Gasteiger partial charge in [-0.1, -0.05) is 19.3 Å². The number of hydrogen-bond acceptors (Lipinski definition) is 4. The molecule has 1 aromatic rings. The van der Waals surface area contributed by atoms with Gasteiger partial charge in [-0.15, -0.1) is 0 Å². The van der Waals surface area contributed by atoms with E-state index in [0.29, 0.717) is 18.4 Å².